The standard InChI is InChI=1S/C10H16N5O13P3/c11-10-13-7-6(8(17)14-10)12-3-15(7)9-5(16)1-4(26-9)2-25-30(21,22)28-31(23,24)27-29(18,19)20/h3-5,9,16H,1-2H2,(H,21,22)(H,23,24)(H2,18,19,20)(H3,11,13,14,17)/t4-,5?,9?/m0/s1. The molecule has 1 aliphatic heterocycles. The third-order valence-corrected chi connectivity index (χ3v) is 7.53. The van der Waals surface area contributed by atoms with Gasteiger partial charge in [0.25, 0.3) is 5.56 Å². The first-order chi connectivity index (χ1) is 14.2. The van der Waals surface area contributed by atoms with Crippen LogP contribution in [0.15, 0.2) is 11.1 Å². The number of phosphoric ester groups is 1. The van der Waals surface area contributed by atoms with E-state index in [1.54, 1.807) is 0 Å². The quantitative estimate of drug-likeness (QED) is 0.204. The number of nitrogens with zero attached hydrogens (tertiary/aromatic N) is 3. The lowest BCUT2D eigenvalue weighted by Crippen LogP contribution is -2.20. The van der Waals surface area contributed by atoms with Crippen molar-refractivity contribution in [1.29, 1.82) is 0 Å². The monoisotopic (exact) mass is 507 g/mol. The second kappa shape index (κ2) is 8.44. The highest BCUT2D eigenvalue weighted by atomic mass is 31.3. The van der Waals surface area contributed by atoms with Crippen molar-refractivity contribution in [3.05, 3.63) is 16.7 Å². The number of nitrogen functional groups attached to an aromatic ring is 1. The van der Waals surface area contributed by atoms with Gasteiger partial charge in [-0.25, -0.2) is 18.7 Å². The van der Waals surface area contributed by atoms with Gasteiger partial charge in [-0.2, -0.15) is 13.6 Å². The maximum Gasteiger partial charge on any atom is 0.490 e. The van der Waals surface area contributed by atoms with Crippen molar-refractivity contribution < 1.29 is 56.3 Å². The molecule has 1 fully saturated rings. The number of fused-ring (bicyclic) bond motifs is 1. The highest BCUT2D eigenvalue weighted by molar-refractivity contribution is 7.66. The number of H-pyrrole nitrogens is 1. The number of aliphatic hydroxyl groups is 1. The molecule has 1 aliphatic rings. The number of nitrogens with two attached hydrogens (primary N) is 1. The molecule has 18 nitrogen and oxygen atoms in total. The van der Waals surface area contributed by atoms with Gasteiger partial charge in [-0.15, -0.1) is 0 Å². The largest absolute Gasteiger partial charge is 0.490 e. The van der Waals surface area contributed by atoms with E-state index in [1.807, 2.05) is 0 Å². The summed E-state index contributed by atoms with van der Waals surface area (Å²) in [5.41, 5.74) is 4.78. The fraction of sp³-hybridized carbons (Fsp3) is 0.500. The number of aromatic nitrogens is 4. The molecule has 3 rings (SSSR count). The Kier molecular flexibility index (Phi) is 6.57. The summed E-state index contributed by atoms with van der Waals surface area (Å²) >= 11 is 0. The van der Waals surface area contributed by atoms with Gasteiger partial charge in [0.05, 0.1) is 19.0 Å². The second-order valence-electron chi connectivity index (χ2n) is 6.11. The number of phosphoric acid groups is 3. The number of hydrogen-bond donors (Lipinski definition) is 7. The summed E-state index contributed by atoms with van der Waals surface area (Å²) in [4.78, 5) is 57.4. The van der Waals surface area contributed by atoms with Gasteiger partial charge in [-0.05, 0) is 0 Å². The van der Waals surface area contributed by atoms with Crippen molar-refractivity contribution in [1.82, 2.24) is 19.5 Å². The number of anilines is 1. The van der Waals surface area contributed by atoms with Crippen LogP contribution in [0.5, 0.6) is 0 Å². The Bertz CT molecular complexity index is 1170. The molecule has 0 saturated carbocycles. The lowest BCUT2D eigenvalue weighted by molar-refractivity contribution is -0.0481. The van der Waals surface area contributed by atoms with Gasteiger partial charge in [0.2, 0.25) is 5.95 Å². The Balaban J connectivity index is 1.67. The fourth-order valence-corrected chi connectivity index (χ4v) is 5.75. The molecular weight excluding hydrogens is 491 g/mol. The predicted octanol–water partition coefficient (Wildman–Crippen LogP) is -1.31. The number of aliphatic hydroxyl groups excluding tert-OH is 1. The lowest BCUT2D eigenvalue weighted by Gasteiger charge is -2.18. The number of imidazole rings is 1. The first-order valence-corrected chi connectivity index (χ1v) is 12.5. The van der Waals surface area contributed by atoms with Gasteiger partial charge in [-0.1, -0.05) is 0 Å². The molecule has 8 N–H and O–H groups in total. The summed E-state index contributed by atoms with van der Waals surface area (Å²) < 4.78 is 52.0. The van der Waals surface area contributed by atoms with Crippen molar-refractivity contribution >= 4 is 40.6 Å². The zero-order chi connectivity index (χ0) is 23.2. The summed E-state index contributed by atoms with van der Waals surface area (Å²) in [6.07, 6.45) is -2.41. The van der Waals surface area contributed by atoms with Crippen LogP contribution in [0.3, 0.4) is 0 Å². The average molecular weight is 507 g/mol. The van der Waals surface area contributed by atoms with E-state index < -0.39 is 54.1 Å². The first-order valence-electron chi connectivity index (χ1n) is 8.00. The highest BCUT2D eigenvalue weighted by Crippen LogP contribution is 2.66. The molecule has 0 bridgehead atoms. The predicted molar refractivity (Wildman–Crippen MR) is 96.9 cm³/mol. The Morgan fingerprint density at radius 1 is 1.23 bits per heavy atom. The van der Waals surface area contributed by atoms with Crippen LogP contribution in [0.4, 0.5) is 5.95 Å². The zero-order valence-corrected chi connectivity index (χ0v) is 17.7. The molecule has 0 spiro atoms. The van der Waals surface area contributed by atoms with E-state index in [1.165, 1.54) is 4.57 Å². The third-order valence-electron chi connectivity index (χ3n) is 3.73. The normalized spacial score (nSPS) is 26.0. The van der Waals surface area contributed by atoms with Crippen LogP contribution >= 0.6 is 23.5 Å². The van der Waals surface area contributed by atoms with Gasteiger partial charge in [-0.3, -0.25) is 18.9 Å². The molecule has 0 aromatic carbocycles. The van der Waals surface area contributed by atoms with Crippen LogP contribution in [0.1, 0.15) is 12.6 Å². The molecular formula is C10H16N5O13P3. The van der Waals surface area contributed by atoms with E-state index in [-0.39, 0.29) is 23.5 Å². The van der Waals surface area contributed by atoms with Gasteiger partial charge in [0, 0.05) is 6.42 Å². The molecule has 0 amide bonds. The Hall–Kier alpha value is -1.52. The van der Waals surface area contributed by atoms with Crippen LogP contribution < -0.4 is 11.3 Å². The third kappa shape index (κ3) is 6.04. The van der Waals surface area contributed by atoms with E-state index >= 15 is 0 Å². The van der Waals surface area contributed by atoms with Crippen LogP contribution in [0.25, 0.3) is 11.2 Å². The van der Waals surface area contributed by atoms with Crippen LogP contribution in [0.2, 0.25) is 0 Å². The SMILES string of the molecule is Nc1nc2c(ncn2C2O[C@H](COP(=O)(O)OP(=O)(O)OP(=O)(O)O)CC2O)c(=O)[nH]1. The van der Waals surface area contributed by atoms with Gasteiger partial charge >= 0.3 is 23.5 Å². The maximum atomic E-state index is 11.8. The maximum absolute atomic E-state index is 11.8. The molecule has 21 heteroatoms. The van der Waals surface area contributed by atoms with E-state index in [0.29, 0.717) is 0 Å². The van der Waals surface area contributed by atoms with Crippen LogP contribution in [-0.2, 0) is 31.6 Å². The first kappa shape index (κ1) is 24.1. The minimum atomic E-state index is -5.65. The molecule has 4 unspecified atom stereocenters. The lowest BCUT2D eigenvalue weighted by atomic mass is 10.2. The second-order valence-corrected chi connectivity index (χ2v) is 10.5. The van der Waals surface area contributed by atoms with Crippen molar-refractivity contribution in [2.24, 2.45) is 0 Å². The molecule has 5 atom stereocenters. The molecule has 2 aromatic heterocycles. The Labute approximate surface area is 171 Å². The minimum absolute atomic E-state index is 0.00108. The highest BCUT2D eigenvalue weighted by Gasteiger charge is 2.42. The molecule has 174 valence electrons. The average Bonchev–Trinajstić information content (AvgIpc) is 3.12. The van der Waals surface area contributed by atoms with Crippen molar-refractivity contribution in [3.8, 4) is 0 Å². The van der Waals surface area contributed by atoms with E-state index in [9.17, 15) is 28.5 Å². The van der Waals surface area contributed by atoms with Crippen molar-refractivity contribution in [2.45, 2.75) is 24.9 Å². The molecule has 3 heterocycles. The Morgan fingerprint density at radius 2 is 1.90 bits per heavy atom. The number of hydrogen-bond acceptors (Lipinski definition) is 12. The van der Waals surface area contributed by atoms with Crippen molar-refractivity contribution in [2.75, 3.05) is 12.3 Å². The van der Waals surface area contributed by atoms with E-state index in [2.05, 4.69) is 28.1 Å². The van der Waals surface area contributed by atoms with Crippen LogP contribution in [0, 0.1) is 0 Å². The molecule has 0 aliphatic carbocycles. The minimum Gasteiger partial charge on any atom is -0.388 e. The number of aromatic amines is 1. The van der Waals surface area contributed by atoms with Gasteiger partial charge < -0.3 is 35.2 Å². The summed E-state index contributed by atoms with van der Waals surface area (Å²) in [6.45, 7) is -0.750. The summed E-state index contributed by atoms with van der Waals surface area (Å²) in [7, 11) is -16.5. The molecule has 1 saturated heterocycles. The smallest absolute Gasteiger partial charge is 0.388 e. The van der Waals surface area contributed by atoms with Gasteiger partial charge in [0.1, 0.15) is 6.10 Å². The number of nitrogens with one attached hydrogen (secondary N) is 1. The number of rotatable bonds is 8. The van der Waals surface area contributed by atoms with Gasteiger partial charge in [0.15, 0.2) is 17.4 Å². The number of ether oxygens (including phenoxy) is 1. The molecule has 31 heavy (non-hydrogen) atoms. The topological polar surface area (TPSA) is 279 Å². The molecule has 2 aromatic rings. The fourth-order valence-electron chi connectivity index (χ4n) is 2.70. The summed E-state index contributed by atoms with van der Waals surface area (Å²) in [5.74, 6) is -0.212. The zero-order valence-electron chi connectivity index (χ0n) is 15.0. The van der Waals surface area contributed by atoms with Crippen LogP contribution in [-0.4, -0.2) is 63.0 Å². The van der Waals surface area contributed by atoms with E-state index in [4.69, 9.17) is 25.2 Å². The van der Waals surface area contributed by atoms with E-state index in [0.717, 1.165) is 6.33 Å². The Morgan fingerprint density at radius 3 is 2.55 bits per heavy atom. The summed E-state index contributed by atoms with van der Waals surface area (Å²) in [5, 5.41) is 10.2. The summed E-state index contributed by atoms with van der Waals surface area (Å²) in [6, 6.07) is 0. The van der Waals surface area contributed by atoms with Crippen molar-refractivity contribution in [3.63, 3.8) is 0 Å². The molecule has 0 radical (unpaired) electrons.